The maximum Gasteiger partial charge on any atom is 0.208 e. The van der Waals surface area contributed by atoms with Gasteiger partial charge in [-0.1, -0.05) is 0 Å². The van der Waals surface area contributed by atoms with Crippen molar-refractivity contribution in [3.05, 3.63) is 42.5 Å². The van der Waals surface area contributed by atoms with Crippen molar-refractivity contribution in [2.75, 3.05) is 24.8 Å². The van der Waals surface area contributed by atoms with E-state index in [2.05, 4.69) is 9.97 Å². The van der Waals surface area contributed by atoms with Crippen LogP contribution in [0.15, 0.2) is 42.5 Å². The van der Waals surface area contributed by atoms with E-state index in [-0.39, 0.29) is 0 Å². The predicted molar refractivity (Wildman–Crippen MR) is 81.6 cm³/mol. The number of anilines is 3. The van der Waals surface area contributed by atoms with Crippen molar-refractivity contribution >= 4 is 28.4 Å². The van der Waals surface area contributed by atoms with Gasteiger partial charge in [0.25, 0.3) is 0 Å². The van der Waals surface area contributed by atoms with E-state index in [4.69, 9.17) is 10.5 Å². The van der Waals surface area contributed by atoms with E-state index in [1.54, 1.807) is 7.11 Å². The number of methoxy groups -OCH3 is 1. The van der Waals surface area contributed by atoms with Crippen LogP contribution in [-0.4, -0.2) is 24.1 Å². The second-order valence-electron chi connectivity index (χ2n) is 4.59. The first kappa shape index (κ1) is 12.3. The molecule has 1 heterocycles. The highest BCUT2D eigenvalue weighted by atomic mass is 16.5. The smallest absolute Gasteiger partial charge is 0.208 e. The Morgan fingerprint density at radius 2 is 1.90 bits per heavy atom. The van der Waals surface area contributed by atoms with Crippen molar-refractivity contribution < 1.29 is 4.74 Å². The molecule has 102 valence electrons. The van der Waals surface area contributed by atoms with Gasteiger partial charge in [0.1, 0.15) is 5.75 Å². The molecule has 3 N–H and O–H groups in total. The molecule has 0 atom stereocenters. The Morgan fingerprint density at radius 1 is 1.15 bits per heavy atom. The lowest BCUT2D eigenvalue weighted by molar-refractivity contribution is 0.415. The lowest BCUT2D eigenvalue weighted by Crippen LogP contribution is -2.10. The van der Waals surface area contributed by atoms with Gasteiger partial charge in [0.15, 0.2) is 0 Å². The molecule has 0 bridgehead atoms. The summed E-state index contributed by atoms with van der Waals surface area (Å²) in [5.74, 6) is 1.61. The van der Waals surface area contributed by atoms with Crippen molar-refractivity contribution in [3.63, 3.8) is 0 Å². The molecule has 2 aromatic carbocycles. The van der Waals surface area contributed by atoms with Gasteiger partial charge in [-0.25, -0.2) is 4.98 Å². The molecular weight excluding hydrogens is 252 g/mol. The number of nitrogens with zero attached hydrogens (tertiary/aromatic N) is 2. The van der Waals surface area contributed by atoms with E-state index >= 15 is 0 Å². The van der Waals surface area contributed by atoms with Gasteiger partial charge in [0.05, 0.1) is 18.1 Å². The Balaban J connectivity index is 1.96. The van der Waals surface area contributed by atoms with Crippen LogP contribution in [0.25, 0.3) is 11.0 Å². The molecule has 0 fully saturated rings. The van der Waals surface area contributed by atoms with Crippen molar-refractivity contribution in [1.29, 1.82) is 0 Å². The fraction of sp³-hybridized carbons (Fsp3) is 0.133. The lowest BCUT2D eigenvalue weighted by Gasteiger charge is -2.16. The number of nitrogen functional groups attached to an aromatic ring is 1. The summed E-state index contributed by atoms with van der Waals surface area (Å²) in [4.78, 5) is 9.80. The first-order chi connectivity index (χ1) is 9.67. The third-order valence-corrected chi connectivity index (χ3v) is 3.27. The van der Waals surface area contributed by atoms with Crippen molar-refractivity contribution in [1.82, 2.24) is 9.97 Å². The number of nitrogens with two attached hydrogens (primary N) is 1. The standard InChI is InChI=1S/C15H16N4O/c1-19(11-4-6-12(20-2)7-5-11)15-17-13-8-3-10(16)9-14(13)18-15/h3-9H,16H2,1-2H3,(H,17,18). The van der Waals surface area contributed by atoms with Crippen LogP contribution in [0.1, 0.15) is 0 Å². The number of H-pyrrole nitrogens is 1. The third-order valence-electron chi connectivity index (χ3n) is 3.27. The normalized spacial score (nSPS) is 10.7. The molecule has 0 aliphatic heterocycles. The minimum absolute atomic E-state index is 0.722. The Kier molecular flexibility index (Phi) is 2.95. The third kappa shape index (κ3) is 2.14. The second kappa shape index (κ2) is 4.77. The van der Waals surface area contributed by atoms with Crippen molar-refractivity contribution in [2.24, 2.45) is 0 Å². The summed E-state index contributed by atoms with van der Waals surface area (Å²) in [6.45, 7) is 0. The largest absolute Gasteiger partial charge is 0.497 e. The van der Waals surface area contributed by atoms with Crippen LogP contribution in [0.2, 0.25) is 0 Å². The topological polar surface area (TPSA) is 67.2 Å². The molecule has 0 amide bonds. The molecule has 3 aromatic rings. The molecule has 1 aromatic heterocycles. The van der Waals surface area contributed by atoms with Crippen LogP contribution >= 0.6 is 0 Å². The number of ether oxygens (including phenoxy) is 1. The van der Waals surface area contributed by atoms with Gasteiger partial charge in [0.2, 0.25) is 5.95 Å². The van der Waals surface area contributed by atoms with E-state index in [1.165, 1.54) is 0 Å². The minimum Gasteiger partial charge on any atom is -0.497 e. The molecule has 0 aliphatic rings. The Labute approximate surface area is 117 Å². The van der Waals surface area contributed by atoms with Crippen LogP contribution in [0, 0.1) is 0 Å². The summed E-state index contributed by atoms with van der Waals surface area (Å²) in [5.41, 5.74) is 9.35. The molecule has 0 aliphatic carbocycles. The summed E-state index contributed by atoms with van der Waals surface area (Å²) in [7, 11) is 3.62. The van der Waals surface area contributed by atoms with Crippen molar-refractivity contribution in [3.8, 4) is 5.75 Å². The minimum atomic E-state index is 0.722. The number of rotatable bonds is 3. The number of imidazole rings is 1. The fourth-order valence-corrected chi connectivity index (χ4v) is 2.10. The average Bonchev–Trinajstić information content (AvgIpc) is 2.89. The number of nitrogens with one attached hydrogen (secondary N) is 1. The van der Waals surface area contributed by atoms with Gasteiger partial charge in [0, 0.05) is 18.4 Å². The highest BCUT2D eigenvalue weighted by Crippen LogP contribution is 2.26. The zero-order chi connectivity index (χ0) is 14.1. The van der Waals surface area contributed by atoms with Gasteiger partial charge >= 0.3 is 0 Å². The highest BCUT2D eigenvalue weighted by Gasteiger charge is 2.09. The highest BCUT2D eigenvalue weighted by molar-refractivity contribution is 5.81. The first-order valence-corrected chi connectivity index (χ1v) is 6.30. The van der Waals surface area contributed by atoms with E-state index < -0.39 is 0 Å². The molecule has 20 heavy (non-hydrogen) atoms. The molecule has 3 rings (SSSR count). The quantitative estimate of drug-likeness (QED) is 0.717. The van der Waals surface area contributed by atoms with Gasteiger partial charge in [-0.05, 0) is 42.5 Å². The summed E-state index contributed by atoms with van der Waals surface area (Å²) in [6.07, 6.45) is 0. The molecule has 5 heteroatoms. The molecule has 0 spiro atoms. The number of aromatic nitrogens is 2. The number of fused-ring (bicyclic) bond motifs is 1. The predicted octanol–water partition coefficient (Wildman–Crippen LogP) is 2.92. The van der Waals surface area contributed by atoms with E-state index in [0.717, 1.165) is 34.1 Å². The number of hydrogen-bond donors (Lipinski definition) is 2. The first-order valence-electron chi connectivity index (χ1n) is 6.30. The maximum atomic E-state index is 5.78. The molecular formula is C15H16N4O. The fourth-order valence-electron chi connectivity index (χ4n) is 2.10. The second-order valence-corrected chi connectivity index (χ2v) is 4.59. The van der Waals surface area contributed by atoms with Crippen molar-refractivity contribution in [2.45, 2.75) is 0 Å². The van der Waals surface area contributed by atoms with Crippen LogP contribution < -0.4 is 15.4 Å². The van der Waals surface area contributed by atoms with Gasteiger partial charge in [-0.3, -0.25) is 0 Å². The molecule has 0 saturated carbocycles. The van der Waals surface area contributed by atoms with Gasteiger partial charge < -0.3 is 20.4 Å². The zero-order valence-electron chi connectivity index (χ0n) is 11.4. The Hall–Kier alpha value is -2.69. The molecule has 5 nitrogen and oxygen atoms in total. The van der Waals surface area contributed by atoms with E-state index in [1.807, 2.05) is 54.4 Å². The number of hydrogen-bond acceptors (Lipinski definition) is 4. The Morgan fingerprint density at radius 3 is 2.60 bits per heavy atom. The molecule has 0 unspecified atom stereocenters. The summed E-state index contributed by atoms with van der Waals surface area (Å²) in [5, 5.41) is 0. The van der Waals surface area contributed by atoms with Gasteiger partial charge in [-0.2, -0.15) is 0 Å². The monoisotopic (exact) mass is 268 g/mol. The summed E-state index contributed by atoms with van der Waals surface area (Å²) in [6, 6.07) is 13.5. The molecule has 0 radical (unpaired) electrons. The lowest BCUT2D eigenvalue weighted by atomic mass is 10.3. The molecule has 0 saturated heterocycles. The Bertz CT molecular complexity index is 733. The van der Waals surface area contributed by atoms with Gasteiger partial charge in [-0.15, -0.1) is 0 Å². The van der Waals surface area contributed by atoms with Crippen LogP contribution in [-0.2, 0) is 0 Å². The summed E-state index contributed by atoms with van der Waals surface area (Å²) >= 11 is 0. The van der Waals surface area contributed by atoms with E-state index in [0.29, 0.717) is 0 Å². The zero-order valence-corrected chi connectivity index (χ0v) is 11.4. The van der Waals surface area contributed by atoms with Crippen LogP contribution in [0.3, 0.4) is 0 Å². The number of aromatic amines is 1. The summed E-state index contributed by atoms with van der Waals surface area (Å²) < 4.78 is 5.16. The number of benzene rings is 2. The van der Waals surface area contributed by atoms with Crippen LogP contribution in [0.5, 0.6) is 5.75 Å². The maximum absolute atomic E-state index is 5.78. The average molecular weight is 268 g/mol. The van der Waals surface area contributed by atoms with E-state index in [9.17, 15) is 0 Å². The van der Waals surface area contributed by atoms with Crippen LogP contribution in [0.4, 0.5) is 17.3 Å². The SMILES string of the molecule is COc1ccc(N(C)c2nc3ccc(N)cc3[nH]2)cc1.